The molecule has 0 saturated heterocycles. The summed E-state index contributed by atoms with van der Waals surface area (Å²) < 4.78 is 40.5. The monoisotopic (exact) mass is 364 g/mol. The summed E-state index contributed by atoms with van der Waals surface area (Å²) in [6.45, 7) is 1.35. The van der Waals surface area contributed by atoms with Crippen molar-refractivity contribution >= 4 is 27.3 Å². The van der Waals surface area contributed by atoms with Gasteiger partial charge in [-0.25, -0.2) is 12.8 Å². The first-order chi connectivity index (χ1) is 11.8. The highest BCUT2D eigenvalue weighted by Crippen LogP contribution is 2.27. The number of sulfonamides is 1. The van der Waals surface area contributed by atoms with Crippen molar-refractivity contribution in [2.24, 2.45) is 0 Å². The summed E-state index contributed by atoms with van der Waals surface area (Å²) in [5.74, 6) is -0.958. The van der Waals surface area contributed by atoms with Crippen LogP contribution in [0, 0.1) is 5.82 Å². The predicted octanol–water partition coefficient (Wildman–Crippen LogP) is 3.18. The van der Waals surface area contributed by atoms with Crippen LogP contribution in [0.4, 0.5) is 15.8 Å². The Morgan fingerprint density at radius 3 is 2.48 bits per heavy atom. The molecule has 0 bridgehead atoms. The molecule has 0 unspecified atom stereocenters. The fourth-order valence-electron chi connectivity index (χ4n) is 2.38. The average molecular weight is 364 g/mol. The van der Waals surface area contributed by atoms with Gasteiger partial charge < -0.3 is 4.90 Å². The van der Waals surface area contributed by atoms with E-state index in [1.807, 2.05) is 30.3 Å². The maximum Gasteiger partial charge on any atom is 0.232 e. The summed E-state index contributed by atoms with van der Waals surface area (Å²) >= 11 is 0. The lowest BCUT2D eigenvalue weighted by Crippen LogP contribution is -2.25. The number of hydrogen-bond acceptors (Lipinski definition) is 3. The van der Waals surface area contributed by atoms with Crippen LogP contribution < -0.4 is 9.62 Å². The summed E-state index contributed by atoms with van der Waals surface area (Å²) in [6, 6.07) is 13.2. The average Bonchev–Trinajstić information content (AvgIpc) is 2.54. The number of carbonyl (C=O) groups excluding carboxylic acids is 1. The lowest BCUT2D eigenvalue weighted by molar-refractivity contribution is -0.116. The van der Waals surface area contributed by atoms with Gasteiger partial charge in [0.25, 0.3) is 0 Å². The Balaban J connectivity index is 2.09. The number of benzene rings is 2. The molecule has 0 spiro atoms. The molecule has 7 heteroatoms. The molecule has 0 radical (unpaired) electrons. The second-order valence-electron chi connectivity index (χ2n) is 5.75. The van der Waals surface area contributed by atoms with Gasteiger partial charge in [-0.2, -0.15) is 0 Å². The zero-order valence-corrected chi connectivity index (χ0v) is 15.0. The van der Waals surface area contributed by atoms with Gasteiger partial charge in [-0.15, -0.1) is 0 Å². The van der Waals surface area contributed by atoms with Crippen molar-refractivity contribution < 1.29 is 17.6 Å². The normalized spacial score (nSPS) is 11.2. The molecule has 1 amide bonds. The van der Waals surface area contributed by atoms with E-state index in [9.17, 15) is 17.6 Å². The van der Waals surface area contributed by atoms with Gasteiger partial charge in [-0.3, -0.25) is 9.52 Å². The van der Waals surface area contributed by atoms with Crippen LogP contribution in [0.3, 0.4) is 0 Å². The van der Waals surface area contributed by atoms with Crippen LogP contribution in [0.1, 0.15) is 18.9 Å². The van der Waals surface area contributed by atoms with Crippen molar-refractivity contribution in [3.8, 4) is 0 Å². The quantitative estimate of drug-likeness (QED) is 0.820. The van der Waals surface area contributed by atoms with Gasteiger partial charge in [-0.1, -0.05) is 30.3 Å². The van der Waals surface area contributed by atoms with E-state index < -0.39 is 15.8 Å². The molecule has 0 saturated carbocycles. The molecule has 0 aliphatic heterocycles. The van der Waals surface area contributed by atoms with Crippen LogP contribution in [0.5, 0.6) is 0 Å². The zero-order valence-electron chi connectivity index (χ0n) is 14.2. The number of nitrogens with one attached hydrogen (secondary N) is 1. The smallest absolute Gasteiger partial charge is 0.232 e. The standard InChI is InChI=1S/C18H21FN2O3S/c1-14(22)21(2)18-11-10-16(19)13-17(18)20-25(23,24)12-6-9-15-7-4-3-5-8-15/h3-5,7-8,10-11,13,20H,6,9,12H2,1-2H3. The third-order valence-electron chi connectivity index (χ3n) is 3.78. The first-order valence-corrected chi connectivity index (χ1v) is 9.52. The minimum absolute atomic E-state index is 0.0532. The third-order valence-corrected chi connectivity index (χ3v) is 5.14. The molecule has 2 rings (SSSR count). The highest BCUT2D eigenvalue weighted by atomic mass is 32.2. The molecular weight excluding hydrogens is 343 g/mol. The van der Waals surface area contributed by atoms with E-state index in [0.717, 1.165) is 11.6 Å². The molecule has 0 fully saturated rings. The number of carbonyl (C=O) groups is 1. The van der Waals surface area contributed by atoms with Crippen molar-refractivity contribution in [3.63, 3.8) is 0 Å². The Morgan fingerprint density at radius 2 is 1.84 bits per heavy atom. The molecule has 0 aliphatic carbocycles. The summed E-state index contributed by atoms with van der Waals surface area (Å²) in [6.07, 6.45) is 1.07. The predicted molar refractivity (Wildman–Crippen MR) is 97.7 cm³/mol. The second kappa shape index (κ2) is 8.11. The van der Waals surface area contributed by atoms with E-state index in [2.05, 4.69) is 4.72 Å². The molecule has 0 aromatic heterocycles. The number of halogens is 1. The highest BCUT2D eigenvalue weighted by Gasteiger charge is 2.17. The third kappa shape index (κ3) is 5.56. The van der Waals surface area contributed by atoms with Gasteiger partial charge >= 0.3 is 0 Å². The topological polar surface area (TPSA) is 66.5 Å². The molecule has 0 aliphatic rings. The van der Waals surface area contributed by atoms with Crippen molar-refractivity contribution in [2.75, 3.05) is 22.4 Å². The summed E-state index contributed by atoms with van der Waals surface area (Å²) in [5.41, 5.74) is 1.42. The molecule has 2 aromatic rings. The summed E-state index contributed by atoms with van der Waals surface area (Å²) in [7, 11) is -2.16. The highest BCUT2D eigenvalue weighted by molar-refractivity contribution is 7.92. The first-order valence-electron chi connectivity index (χ1n) is 7.87. The fraction of sp³-hybridized carbons (Fsp3) is 0.278. The van der Waals surface area contributed by atoms with Crippen LogP contribution in [0.2, 0.25) is 0 Å². The van der Waals surface area contributed by atoms with E-state index in [-0.39, 0.29) is 17.3 Å². The van der Waals surface area contributed by atoms with E-state index in [1.54, 1.807) is 0 Å². The largest absolute Gasteiger partial charge is 0.314 e. The molecule has 0 heterocycles. The van der Waals surface area contributed by atoms with Gasteiger partial charge in [0.1, 0.15) is 5.82 Å². The van der Waals surface area contributed by atoms with Crippen LogP contribution in [0.15, 0.2) is 48.5 Å². The Bertz CT molecular complexity index is 839. The van der Waals surface area contributed by atoms with Gasteiger partial charge in [0.2, 0.25) is 15.9 Å². The number of nitrogens with zero attached hydrogens (tertiary/aromatic N) is 1. The number of amides is 1. The Hall–Kier alpha value is -2.41. The van der Waals surface area contributed by atoms with Crippen molar-refractivity contribution in [1.82, 2.24) is 0 Å². The lowest BCUT2D eigenvalue weighted by atomic mass is 10.1. The number of rotatable bonds is 7. The van der Waals surface area contributed by atoms with Crippen LogP contribution in [-0.2, 0) is 21.2 Å². The molecule has 25 heavy (non-hydrogen) atoms. The van der Waals surface area contributed by atoms with Crippen molar-refractivity contribution in [2.45, 2.75) is 19.8 Å². The van der Waals surface area contributed by atoms with Crippen molar-refractivity contribution in [3.05, 3.63) is 59.9 Å². The molecule has 1 N–H and O–H groups in total. The van der Waals surface area contributed by atoms with E-state index in [0.29, 0.717) is 18.5 Å². The lowest BCUT2D eigenvalue weighted by Gasteiger charge is -2.20. The SMILES string of the molecule is CC(=O)N(C)c1ccc(F)cc1NS(=O)(=O)CCCc1ccccc1. The fourth-order valence-corrected chi connectivity index (χ4v) is 3.51. The Morgan fingerprint density at radius 1 is 1.16 bits per heavy atom. The summed E-state index contributed by atoms with van der Waals surface area (Å²) in [4.78, 5) is 12.8. The minimum atomic E-state index is -3.66. The number of aryl methyl sites for hydroxylation is 1. The molecule has 134 valence electrons. The van der Waals surface area contributed by atoms with E-state index >= 15 is 0 Å². The van der Waals surface area contributed by atoms with Gasteiger partial charge in [0.15, 0.2) is 0 Å². The van der Waals surface area contributed by atoms with Gasteiger partial charge in [0.05, 0.1) is 17.1 Å². The summed E-state index contributed by atoms with van der Waals surface area (Å²) in [5, 5.41) is 0. The Kier molecular flexibility index (Phi) is 6.14. The molecule has 0 atom stereocenters. The maximum atomic E-state index is 13.5. The number of anilines is 2. The van der Waals surface area contributed by atoms with Crippen LogP contribution in [-0.4, -0.2) is 27.1 Å². The van der Waals surface area contributed by atoms with Crippen molar-refractivity contribution in [1.29, 1.82) is 0 Å². The molecule has 2 aromatic carbocycles. The zero-order chi connectivity index (χ0) is 18.4. The van der Waals surface area contributed by atoms with Gasteiger partial charge in [0, 0.05) is 20.0 Å². The minimum Gasteiger partial charge on any atom is -0.314 e. The maximum absolute atomic E-state index is 13.5. The van der Waals surface area contributed by atoms with Crippen LogP contribution in [0.25, 0.3) is 0 Å². The molecule has 5 nitrogen and oxygen atoms in total. The van der Waals surface area contributed by atoms with E-state index in [1.165, 1.54) is 31.0 Å². The molecular formula is C18H21FN2O3S. The van der Waals surface area contributed by atoms with Crippen LogP contribution >= 0.6 is 0 Å². The number of hydrogen-bond donors (Lipinski definition) is 1. The first kappa shape index (κ1) is 18.9. The Labute approximate surface area is 147 Å². The van der Waals surface area contributed by atoms with Gasteiger partial charge in [-0.05, 0) is 30.5 Å². The second-order valence-corrected chi connectivity index (χ2v) is 7.59. The van der Waals surface area contributed by atoms with E-state index in [4.69, 9.17) is 0 Å².